The van der Waals surface area contributed by atoms with Crippen LogP contribution in [-0.2, 0) is 14.3 Å². The SMILES string of the molecule is CC[C@H](C#N)NC(=O)O[C@@H](CC1CCCCC1)C(=O)N1CCOCC1. The van der Waals surface area contributed by atoms with Crippen molar-refractivity contribution in [3.8, 4) is 6.07 Å². The van der Waals surface area contributed by atoms with Gasteiger partial charge in [0.15, 0.2) is 6.10 Å². The van der Waals surface area contributed by atoms with E-state index in [0.29, 0.717) is 45.1 Å². The lowest BCUT2D eigenvalue weighted by Crippen LogP contribution is -2.48. The van der Waals surface area contributed by atoms with Crippen LogP contribution in [0.25, 0.3) is 0 Å². The van der Waals surface area contributed by atoms with E-state index >= 15 is 0 Å². The van der Waals surface area contributed by atoms with Crippen LogP contribution in [0.15, 0.2) is 0 Å². The molecule has 7 nitrogen and oxygen atoms in total. The van der Waals surface area contributed by atoms with Crippen LogP contribution in [0.3, 0.4) is 0 Å². The maximum absolute atomic E-state index is 12.8. The number of morpholine rings is 1. The fourth-order valence-electron chi connectivity index (χ4n) is 3.44. The Morgan fingerprint density at radius 1 is 1.28 bits per heavy atom. The summed E-state index contributed by atoms with van der Waals surface area (Å²) in [5.41, 5.74) is 0. The Hall–Kier alpha value is -1.81. The third-order valence-corrected chi connectivity index (χ3v) is 4.98. The summed E-state index contributed by atoms with van der Waals surface area (Å²) in [7, 11) is 0. The van der Waals surface area contributed by atoms with Crippen LogP contribution in [0.2, 0.25) is 0 Å². The molecule has 0 bridgehead atoms. The minimum atomic E-state index is -0.780. The molecule has 2 aliphatic rings. The van der Waals surface area contributed by atoms with E-state index in [0.717, 1.165) is 12.8 Å². The van der Waals surface area contributed by atoms with Gasteiger partial charge in [-0.1, -0.05) is 39.0 Å². The first-order valence-electron chi connectivity index (χ1n) is 9.37. The van der Waals surface area contributed by atoms with Crippen molar-refractivity contribution in [3.05, 3.63) is 0 Å². The second-order valence-electron chi connectivity index (χ2n) is 6.81. The minimum Gasteiger partial charge on any atom is -0.436 e. The molecule has 0 aromatic carbocycles. The zero-order chi connectivity index (χ0) is 18.1. The molecule has 1 saturated carbocycles. The number of carbonyl (C=O) groups is 2. The van der Waals surface area contributed by atoms with Crippen LogP contribution in [0.4, 0.5) is 4.79 Å². The summed E-state index contributed by atoms with van der Waals surface area (Å²) in [6.45, 7) is 3.90. The van der Waals surface area contributed by atoms with Crippen molar-refractivity contribution in [1.82, 2.24) is 10.2 Å². The van der Waals surface area contributed by atoms with Gasteiger partial charge in [0.25, 0.3) is 5.91 Å². The molecule has 0 aromatic rings. The molecule has 1 heterocycles. The molecule has 0 spiro atoms. The van der Waals surface area contributed by atoms with E-state index < -0.39 is 18.2 Å². The minimum absolute atomic E-state index is 0.144. The summed E-state index contributed by atoms with van der Waals surface area (Å²) in [6.07, 6.45) is 5.32. The largest absolute Gasteiger partial charge is 0.436 e. The van der Waals surface area contributed by atoms with Crippen molar-refractivity contribution in [3.63, 3.8) is 0 Å². The van der Waals surface area contributed by atoms with Crippen molar-refractivity contribution in [1.29, 1.82) is 5.26 Å². The lowest BCUT2D eigenvalue weighted by Gasteiger charge is -2.32. The normalized spacial score (nSPS) is 21.0. The van der Waals surface area contributed by atoms with Crippen molar-refractivity contribution in [2.75, 3.05) is 26.3 Å². The predicted octanol–water partition coefficient (Wildman–Crippen LogP) is 2.21. The number of ether oxygens (including phenoxy) is 2. The molecule has 7 heteroatoms. The number of hydrogen-bond donors (Lipinski definition) is 1. The molecule has 1 N–H and O–H groups in total. The Kier molecular flexibility index (Phi) is 7.99. The summed E-state index contributed by atoms with van der Waals surface area (Å²) in [5, 5.41) is 11.5. The van der Waals surface area contributed by atoms with Gasteiger partial charge in [-0.3, -0.25) is 4.79 Å². The second-order valence-corrected chi connectivity index (χ2v) is 6.81. The monoisotopic (exact) mass is 351 g/mol. The molecule has 0 aromatic heterocycles. The molecule has 25 heavy (non-hydrogen) atoms. The molecule has 2 atom stereocenters. The van der Waals surface area contributed by atoms with Crippen LogP contribution >= 0.6 is 0 Å². The first-order valence-corrected chi connectivity index (χ1v) is 9.37. The molecule has 0 radical (unpaired) electrons. The van der Waals surface area contributed by atoms with Gasteiger partial charge in [0.2, 0.25) is 0 Å². The first-order chi connectivity index (χ1) is 12.1. The maximum atomic E-state index is 12.8. The summed E-state index contributed by atoms with van der Waals surface area (Å²) in [6, 6.07) is 1.41. The van der Waals surface area contributed by atoms with Crippen molar-refractivity contribution in [2.45, 2.75) is 64.0 Å². The van der Waals surface area contributed by atoms with Crippen LogP contribution in [0.1, 0.15) is 51.9 Å². The van der Waals surface area contributed by atoms with Crippen LogP contribution < -0.4 is 5.32 Å². The molecular weight excluding hydrogens is 322 g/mol. The van der Waals surface area contributed by atoms with Gasteiger partial charge in [0, 0.05) is 13.1 Å². The topological polar surface area (TPSA) is 91.7 Å². The predicted molar refractivity (Wildman–Crippen MR) is 91.7 cm³/mol. The number of alkyl carbamates (subject to hydrolysis) is 1. The second kappa shape index (κ2) is 10.2. The molecule has 1 aliphatic heterocycles. The van der Waals surface area contributed by atoms with E-state index in [1.54, 1.807) is 4.90 Å². The molecule has 1 saturated heterocycles. The van der Waals surface area contributed by atoms with E-state index in [1.165, 1.54) is 19.3 Å². The lowest BCUT2D eigenvalue weighted by molar-refractivity contribution is -0.145. The Bertz CT molecular complexity index is 479. The van der Waals surface area contributed by atoms with Crippen molar-refractivity contribution < 1.29 is 19.1 Å². The highest BCUT2D eigenvalue weighted by Gasteiger charge is 2.32. The van der Waals surface area contributed by atoms with Crippen LogP contribution in [0.5, 0.6) is 0 Å². The standard InChI is InChI=1S/C18H29N3O4/c1-2-15(13-19)20-18(23)25-16(12-14-6-4-3-5-7-14)17(22)21-8-10-24-11-9-21/h14-16H,2-12H2,1H3,(H,20,23)/t15-,16+/m1/s1. The van der Waals surface area contributed by atoms with E-state index in [9.17, 15) is 9.59 Å². The van der Waals surface area contributed by atoms with E-state index in [4.69, 9.17) is 14.7 Å². The Morgan fingerprint density at radius 3 is 2.56 bits per heavy atom. The third-order valence-electron chi connectivity index (χ3n) is 4.98. The number of amides is 2. The third kappa shape index (κ3) is 6.20. The number of nitrogens with one attached hydrogen (secondary N) is 1. The number of rotatable bonds is 6. The number of hydrogen-bond acceptors (Lipinski definition) is 5. The highest BCUT2D eigenvalue weighted by Crippen LogP contribution is 2.28. The molecule has 2 fully saturated rings. The molecular formula is C18H29N3O4. The molecule has 2 amide bonds. The lowest BCUT2D eigenvalue weighted by atomic mass is 9.85. The van der Waals surface area contributed by atoms with E-state index in [-0.39, 0.29) is 5.91 Å². The van der Waals surface area contributed by atoms with Gasteiger partial charge in [0.05, 0.1) is 19.3 Å². The molecule has 140 valence electrons. The average Bonchev–Trinajstić information content (AvgIpc) is 2.66. The van der Waals surface area contributed by atoms with Gasteiger partial charge in [-0.15, -0.1) is 0 Å². The highest BCUT2D eigenvalue weighted by atomic mass is 16.6. The maximum Gasteiger partial charge on any atom is 0.408 e. The summed E-state index contributed by atoms with van der Waals surface area (Å²) in [4.78, 5) is 26.7. The van der Waals surface area contributed by atoms with Gasteiger partial charge in [-0.25, -0.2) is 4.79 Å². The first kappa shape index (κ1) is 19.5. The van der Waals surface area contributed by atoms with Crippen LogP contribution in [0, 0.1) is 17.2 Å². The van der Waals surface area contributed by atoms with Crippen molar-refractivity contribution in [2.24, 2.45) is 5.92 Å². The number of carbonyl (C=O) groups excluding carboxylic acids is 2. The van der Waals surface area contributed by atoms with E-state index in [2.05, 4.69) is 5.32 Å². The van der Waals surface area contributed by atoms with Gasteiger partial charge >= 0.3 is 6.09 Å². The highest BCUT2D eigenvalue weighted by molar-refractivity contribution is 5.83. The average molecular weight is 351 g/mol. The zero-order valence-electron chi connectivity index (χ0n) is 15.0. The zero-order valence-corrected chi connectivity index (χ0v) is 15.0. The molecule has 0 unspecified atom stereocenters. The van der Waals surface area contributed by atoms with Gasteiger partial charge in [-0.2, -0.15) is 5.26 Å². The Balaban J connectivity index is 1.98. The van der Waals surface area contributed by atoms with Crippen molar-refractivity contribution >= 4 is 12.0 Å². The summed E-state index contributed by atoms with van der Waals surface area (Å²) in [5.74, 6) is 0.267. The molecule has 2 rings (SSSR count). The summed E-state index contributed by atoms with van der Waals surface area (Å²) >= 11 is 0. The van der Waals surface area contributed by atoms with Gasteiger partial charge in [0.1, 0.15) is 6.04 Å². The smallest absolute Gasteiger partial charge is 0.408 e. The quantitative estimate of drug-likeness (QED) is 0.792. The molecule has 1 aliphatic carbocycles. The van der Waals surface area contributed by atoms with Gasteiger partial charge < -0.3 is 19.7 Å². The Labute approximate surface area is 149 Å². The number of nitrogens with zero attached hydrogens (tertiary/aromatic N) is 2. The fraction of sp³-hybridized carbons (Fsp3) is 0.833. The Morgan fingerprint density at radius 2 is 1.96 bits per heavy atom. The van der Waals surface area contributed by atoms with Gasteiger partial charge in [-0.05, 0) is 18.8 Å². The van der Waals surface area contributed by atoms with E-state index in [1.807, 2.05) is 13.0 Å². The fourth-order valence-corrected chi connectivity index (χ4v) is 3.44. The summed E-state index contributed by atoms with van der Waals surface area (Å²) < 4.78 is 10.8. The van der Waals surface area contributed by atoms with Crippen LogP contribution in [-0.4, -0.2) is 55.3 Å². The number of nitriles is 1.